The Labute approximate surface area is 170 Å². The van der Waals surface area contributed by atoms with Gasteiger partial charge in [0.05, 0.1) is 11.3 Å². The predicted octanol–water partition coefficient (Wildman–Crippen LogP) is 2.32. The second-order valence-electron chi connectivity index (χ2n) is 6.81. The van der Waals surface area contributed by atoms with Crippen LogP contribution in [0.5, 0.6) is 0 Å². The standard InChI is InChI=1S/C18H26ClN3O5S/c1-3-6-17(23)20-21-27-18(24)11-14-7-5-10-22(12-14)28(25,26)16-9-4-8-15(19)13(16)2/h4,8-9,14,21H,3,5-7,10-12H2,1-2H3,(H,20,23). The van der Waals surface area contributed by atoms with Crippen LogP contribution in [0.25, 0.3) is 0 Å². The maximum Gasteiger partial charge on any atom is 0.327 e. The van der Waals surface area contributed by atoms with E-state index in [2.05, 4.69) is 11.0 Å². The van der Waals surface area contributed by atoms with Crippen molar-refractivity contribution in [3.8, 4) is 0 Å². The monoisotopic (exact) mass is 431 g/mol. The lowest BCUT2D eigenvalue weighted by Gasteiger charge is -2.31. The van der Waals surface area contributed by atoms with Crippen molar-refractivity contribution in [2.45, 2.75) is 50.8 Å². The van der Waals surface area contributed by atoms with Crippen LogP contribution in [-0.4, -0.2) is 37.7 Å². The SMILES string of the molecule is CCCC(=O)NNOC(=O)CC1CCCN(S(=O)(=O)c2cccc(Cl)c2C)C1. The van der Waals surface area contributed by atoms with Crippen LogP contribution in [0.4, 0.5) is 0 Å². The Balaban J connectivity index is 1.93. The number of hydrazine groups is 1. The molecular formula is C18H26ClN3O5S. The number of hydrogen-bond donors (Lipinski definition) is 2. The van der Waals surface area contributed by atoms with E-state index in [-0.39, 0.29) is 29.7 Å². The van der Waals surface area contributed by atoms with Crippen LogP contribution in [0.3, 0.4) is 0 Å². The first-order chi connectivity index (χ1) is 13.3. The minimum absolute atomic E-state index is 0.0528. The van der Waals surface area contributed by atoms with Gasteiger partial charge in [-0.1, -0.05) is 30.2 Å². The van der Waals surface area contributed by atoms with Gasteiger partial charge in [-0.25, -0.2) is 8.42 Å². The summed E-state index contributed by atoms with van der Waals surface area (Å²) >= 11 is 6.07. The molecule has 2 N–H and O–H groups in total. The largest absolute Gasteiger partial charge is 0.351 e. The molecule has 1 aromatic carbocycles. The quantitative estimate of drug-likeness (QED) is 0.612. The van der Waals surface area contributed by atoms with Crippen LogP contribution >= 0.6 is 11.6 Å². The molecule has 0 aromatic heterocycles. The molecule has 0 saturated carbocycles. The summed E-state index contributed by atoms with van der Waals surface area (Å²) in [5, 5.41) is 0.398. The van der Waals surface area contributed by atoms with Crippen molar-refractivity contribution in [1.29, 1.82) is 0 Å². The lowest BCUT2D eigenvalue weighted by Crippen LogP contribution is -2.42. The smallest absolute Gasteiger partial charge is 0.327 e. The number of carbonyl (C=O) groups excluding carboxylic acids is 2. The first-order valence-electron chi connectivity index (χ1n) is 9.24. The fourth-order valence-corrected chi connectivity index (χ4v) is 5.16. The van der Waals surface area contributed by atoms with Crippen molar-refractivity contribution in [1.82, 2.24) is 15.3 Å². The summed E-state index contributed by atoms with van der Waals surface area (Å²) in [5.74, 6) is -0.995. The fraction of sp³-hybridized carbons (Fsp3) is 0.556. The Morgan fingerprint density at radius 1 is 1.36 bits per heavy atom. The maximum absolute atomic E-state index is 13.0. The summed E-state index contributed by atoms with van der Waals surface area (Å²) in [6.07, 6.45) is 2.43. The molecule has 156 valence electrons. The third kappa shape index (κ3) is 5.91. The van der Waals surface area contributed by atoms with Gasteiger partial charge in [-0.3, -0.25) is 15.0 Å². The number of hydrogen-bond acceptors (Lipinski definition) is 6. The molecular weight excluding hydrogens is 406 g/mol. The highest BCUT2D eigenvalue weighted by Crippen LogP contribution is 2.29. The number of sulfonamides is 1. The molecule has 1 aliphatic rings. The normalized spacial score (nSPS) is 17.9. The lowest BCUT2D eigenvalue weighted by atomic mass is 9.96. The van der Waals surface area contributed by atoms with Crippen molar-refractivity contribution in [2.75, 3.05) is 13.1 Å². The van der Waals surface area contributed by atoms with Crippen molar-refractivity contribution in [3.63, 3.8) is 0 Å². The lowest BCUT2D eigenvalue weighted by molar-refractivity contribution is -0.156. The summed E-state index contributed by atoms with van der Waals surface area (Å²) in [4.78, 5) is 28.2. The molecule has 1 saturated heterocycles. The first kappa shape index (κ1) is 22.6. The molecule has 28 heavy (non-hydrogen) atoms. The van der Waals surface area contributed by atoms with Gasteiger partial charge in [0.25, 0.3) is 0 Å². The van der Waals surface area contributed by atoms with Crippen molar-refractivity contribution < 1.29 is 22.8 Å². The van der Waals surface area contributed by atoms with E-state index in [1.54, 1.807) is 19.1 Å². The van der Waals surface area contributed by atoms with E-state index in [0.717, 1.165) is 6.42 Å². The van der Waals surface area contributed by atoms with Gasteiger partial charge in [0.2, 0.25) is 15.9 Å². The van der Waals surface area contributed by atoms with E-state index in [9.17, 15) is 18.0 Å². The molecule has 0 bridgehead atoms. The summed E-state index contributed by atoms with van der Waals surface area (Å²) < 4.78 is 27.4. The van der Waals surface area contributed by atoms with Crippen molar-refractivity contribution >= 4 is 33.5 Å². The van der Waals surface area contributed by atoms with Gasteiger partial charge in [-0.05, 0) is 49.8 Å². The Kier molecular flexibility index (Phi) is 8.23. The second kappa shape index (κ2) is 10.2. The molecule has 8 nitrogen and oxygen atoms in total. The van der Waals surface area contributed by atoms with Gasteiger partial charge in [-0.2, -0.15) is 4.31 Å². The highest BCUT2D eigenvalue weighted by atomic mass is 35.5. The van der Waals surface area contributed by atoms with Crippen LogP contribution in [0, 0.1) is 12.8 Å². The summed E-state index contributed by atoms with van der Waals surface area (Å²) in [5.41, 5.74) is 4.92. The van der Waals surface area contributed by atoms with E-state index < -0.39 is 16.0 Å². The third-order valence-corrected chi connectivity index (χ3v) is 7.02. The second-order valence-corrected chi connectivity index (χ2v) is 9.13. The minimum Gasteiger partial charge on any atom is -0.351 e. The van der Waals surface area contributed by atoms with Gasteiger partial charge < -0.3 is 4.84 Å². The average molecular weight is 432 g/mol. The Bertz CT molecular complexity index is 815. The number of nitrogens with one attached hydrogen (secondary N) is 2. The Hall–Kier alpha value is -1.68. The predicted molar refractivity (Wildman–Crippen MR) is 105 cm³/mol. The van der Waals surface area contributed by atoms with Gasteiger partial charge in [0.15, 0.2) is 0 Å². The zero-order valence-electron chi connectivity index (χ0n) is 16.0. The van der Waals surface area contributed by atoms with E-state index in [1.807, 2.05) is 6.92 Å². The third-order valence-electron chi connectivity index (χ3n) is 4.61. The molecule has 0 radical (unpaired) electrons. The molecule has 1 heterocycles. The van der Waals surface area contributed by atoms with E-state index >= 15 is 0 Å². The van der Waals surface area contributed by atoms with Gasteiger partial charge in [0, 0.05) is 24.5 Å². The average Bonchev–Trinajstić information content (AvgIpc) is 2.64. The first-order valence-corrected chi connectivity index (χ1v) is 11.1. The molecule has 1 fully saturated rings. The van der Waals surface area contributed by atoms with Crippen molar-refractivity contribution in [3.05, 3.63) is 28.8 Å². The molecule has 10 heteroatoms. The van der Waals surface area contributed by atoms with Crippen LogP contribution in [0.1, 0.15) is 44.6 Å². The zero-order valence-corrected chi connectivity index (χ0v) is 17.6. The molecule has 1 aliphatic heterocycles. The van der Waals surface area contributed by atoms with E-state index in [1.165, 1.54) is 10.4 Å². The summed E-state index contributed by atoms with van der Waals surface area (Å²) in [7, 11) is -3.69. The van der Waals surface area contributed by atoms with E-state index in [4.69, 9.17) is 16.4 Å². The van der Waals surface area contributed by atoms with Crippen LogP contribution in [-0.2, 0) is 24.4 Å². The maximum atomic E-state index is 13.0. The number of nitrogens with zero attached hydrogens (tertiary/aromatic N) is 1. The van der Waals surface area contributed by atoms with Crippen LogP contribution < -0.4 is 11.0 Å². The summed E-state index contributed by atoms with van der Waals surface area (Å²) in [6.45, 7) is 4.16. The number of carbonyl (C=O) groups is 2. The molecule has 1 atom stereocenters. The fourth-order valence-electron chi connectivity index (χ4n) is 3.12. The number of rotatable bonds is 8. The Morgan fingerprint density at radius 2 is 2.11 bits per heavy atom. The number of piperidine rings is 1. The highest BCUT2D eigenvalue weighted by molar-refractivity contribution is 7.89. The molecule has 1 amide bonds. The molecule has 1 aromatic rings. The number of halogens is 1. The number of amides is 1. The van der Waals surface area contributed by atoms with Crippen LogP contribution in [0.15, 0.2) is 23.1 Å². The van der Waals surface area contributed by atoms with Crippen molar-refractivity contribution in [2.24, 2.45) is 5.92 Å². The summed E-state index contributed by atoms with van der Waals surface area (Å²) in [6, 6.07) is 4.80. The molecule has 2 rings (SSSR count). The van der Waals surface area contributed by atoms with Gasteiger partial charge in [0.1, 0.15) is 0 Å². The Morgan fingerprint density at radius 3 is 2.82 bits per heavy atom. The molecule has 1 unspecified atom stereocenters. The van der Waals surface area contributed by atoms with E-state index in [0.29, 0.717) is 36.4 Å². The minimum atomic E-state index is -3.69. The molecule has 0 aliphatic carbocycles. The topological polar surface area (TPSA) is 105 Å². The molecule has 0 spiro atoms. The number of benzene rings is 1. The zero-order chi connectivity index (χ0) is 20.7. The van der Waals surface area contributed by atoms with Crippen LogP contribution in [0.2, 0.25) is 5.02 Å². The van der Waals surface area contributed by atoms with Gasteiger partial charge >= 0.3 is 5.97 Å². The van der Waals surface area contributed by atoms with Gasteiger partial charge in [-0.15, -0.1) is 0 Å². The highest BCUT2D eigenvalue weighted by Gasteiger charge is 2.32.